The summed E-state index contributed by atoms with van der Waals surface area (Å²) in [6.45, 7) is 0.259. The number of halogens is 2. The van der Waals surface area contributed by atoms with Gasteiger partial charge in [0.1, 0.15) is 4.90 Å². The van der Waals surface area contributed by atoms with E-state index in [0.29, 0.717) is 17.1 Å². The Balaban J connectivity index is 2.04. The van der Waals surface area contributed by atoms with E-state index in [1.165, 1.54) is 12.1 Å². The van der Waals surface area contributed by atoms with Crippen LogP contribution in [0.2, 0.25) is 10.0 Å². The summed E-state index contributed by atoms with van der Waals surface area (Å²) in [5.74, 6) is 0. The van der Waals surface area contributed by atoms with Gasteiger partial charge in [-0.2, -0.15) is 0 Å². The van der Waals surface area contributed by atoms with Gasteiger partial charge in [0.25, 0.3) is 0 Å². The van der Waals surface area contributed by atoms with Gasteiger partial charge in [-0.25, -0.2) is 13.1 Å². The van der Waals surface area contributed by atoms with Gasteiger partial charge >= 0.3 is 0 Å². The van der Waals surface area contributed by atoms with E-state index in [4.69, 9.17) is 28.9 Å². The van der Waals surface area contributed by atoms with Crippen molar-refractivity contribution in [3.05, 3.63) is 58.1 Å². The van der Waals surface area contributed by atoms with Crippen LogP contribution in [0.5, 0.6) is 0 Å². The normalized spacial score (nSPS) is 11.5. The van der Waals surface area contributed by atoms with Gasteiger partial charge in [-0.15, -0.1) is 0 Å². The lowest BCUT2D eigenvalue weighted by atomic mass is 10.2. The third-order valence-corrected chi connectivity index (χ3v) is 5.06. The van der Waals surface area contributed by atoms with Crippen LogP contribution < -0.4 is 10.5 Å². The van der Waals surface area contributed by atoms with Crippen molar-refractivity contribution < 1.29 is 8.42 Å². The number of nitrogens with one attached hydrogen (secondary N) is 1. The van der Waals surface area contributed by atoms with Crippen LogP contribution in [0.25, 0.3) is 0 Å². The van der Waals surface area contributed by atoms with Gasteiger partial charge in [0.05, 0.1) is 5.02 Å². The Morgan fingerprint density at radius 2 is 1.71 bits per heavy atom. The Hall–Kier alpha value is -1.27. The van der Waals surface area contributed by atoms with E-state index >= 15 is 0 Å². The number of sulfonamides is 1. The highest BCUT2D eigenvalue weighted by molar-refractivity contribution is 7.89. The Morgan fingerprint density at radius 1 is 1.05 bits per heavy atom. The molecule has 0 aromatic heterocycles. The molecule has 0 aliphatic heterocycles. The lowest BCUT2D eigenvalue weighted by molar-refractivity contribution is 0.582. The molecule has 0 bridgehead atoms. The molecule has 3 N–H and O–H groups in total. The summed E-state index contributed by atoms with van der Waals surface area (Å²) in [6, 6.07) is 11.6. The summed E-state index contributed by atoms with van der Waals surface area (Å²) < 4.78 is 26.9. The summed E-state index contributed by atoms with van der Waals surface area (Å²) in [6.07, 6.45) is 0.552. The first-order valence-electron chi connectivity index (χ1n) is 6.17. The Kier molecular flexibility index (Phi) is 5.11. The fourth-order valence-electron chi connectivity index (χ4n) is 1.78. The molecule has 0 radical (unpaired) electrons. The second kappa shape index (κ2) is 6.66. The van der Waals surface area contributed by atoms with Crippen molar-refractivity contribution in [2.75, 3.05) is 12.3 Å². The van der Waals surface area contributed by atoms with Crippen LogP contribution in [0.1, 0.15) is 5.56 Å². The molecule has 7 heteroatoms. The lowest BCUT2D eigenvalue weighted by Gasteiger charge is -2.09. The molecule has 2 aromatic carbocycles. The predicted molar refractivity (Wildman–Crippen MR) is 86.2 cm³/mol. The number of anilines is 1. The molecule has 0 saturated carbocycles. The zero-order valence-electron chi connectivity index (χ0n) is 11.0. The smallest absolute Gasteiger partial charge is 0.242 e. The molecule has 0 unspecified atom stereocenters. The van der Waals surface area contributed by atoms with Gasteiger partial charge in [-0.05, 0) is 42.3 Å². The fraction of sp³-hybridized carbons (Fsp3) is 0.143. The van der Waals surface area contributed by atoms with Gasteiger partial charge in [-0.1, -0.05) is 35.3 Å². The quantitative estimate of drug-likeness (QED) is 0.818. The van der Waals surface area contributed by atoms with Crippen molar-refractivity contribution in [1.82, 2.24) is 4.72 Å². The van der Waals surface area contributed by atoms with E-state index in [0.717, 1.165) is 5.56 Å². The molecule has 112 valence electrons. The Bertz CT molecular complexity index is 731. The number of hydrogen-bond donors (Lipinski definition) is 2. The van der Waals surface area contributed by atoms with Crippen molar-refractivity contribution in [3.63, 3.8) is 0 Å². The van der Waals surface area contributed by atoms with Crippen molar-refractivity contribution in [2.45, 2.75) is 11.3 Å². The summed E-state index contributed by atoms with van der Waals surface area (Å²) in [5.41, 5.74) is 6.93. The van der Waals surface area contributed by atoms with Crippen LogP contribution >= 0.6 is 23.2 Å². The predicted octanol–water partition coefficient (Wildman–Crippen LogP) is 3.10. The van der Waals surface area contributed by atoms with Crippen LogP contribution in [0.3, 0.4) is 0 Å². The van der Waals surface area contributed by atoms with Crippen molar-refractivity contribution >= 4 is 38.9 Å². The molecule has 0 aliphatic rings. The monoisotopic (exact) mass is 344 g/mol. The van der Waals surface area contributed by atoms with Crippen LogP contribution in [-0.4, -0.2) is 15.0 Å². The Morgan fingerprint density at radius 3 is 2.38 bits per heavy atom. The number of benzene rings is 2. The highest BCUT2D eigenvalue weighted by Gasteiger charge is 2.17. The Labute approximate surface area is 133 Å². The zero-order chi connectivity index (χ0) is 15.5. The SMILES string of the molecule is Nc1ccc(Cl)c(S(=O)(=O)NCCc2ccc(Cl)cc2)c1. The molecule has 21 heavy (non-hydrogen) atoms. The summed E-state index contributed by atoms with van der Waals surface area (Å²) in [7, 11) is -3.68. The number of rotatable bonds is 5. The second-order valence-corrected chi connectivity index (χ2v) is 7.04. The number of nitrogens with two attached hydrogens (primary N) is 1. The molecule has 0 heterocycles. The molecule has 0 atom stereocenters. The van der Waals surface area contributed by atoms with Crippen LogP contribution in [0.4, 0.5) is 5.69 Å². The van der Waals surface area contributed by atoms with E-state index in [2.05, 4.69) is 4.72 Å². The summed E-state index contributed by atoms with van der Waals surface area (Å²) in [5, 5.41) is 0.786. The van der Waals surface area contributed by atoms with Gasteiger partial charge in [0.15, 0.2) is 0 Å². The minimum absolute atomic E-state index is 0.0136. The van der Waals surface area contributed by atoms with Gasteiger partial charge < -0.3 is 5.73 Å². The highest BCUT2D eigenvalue weighted by atomic mass is 35.5. The first-order valence-corrected chi connectivity index (χ1v) is 8.41. The molecular weight excluding hydrogens is 331 g/mol. The average Bonchev–Trinajstić information content (AvgIpc) is 2.43. The lowest BCUT2D eigenvalue weighted by Crippen LogP contribution is -2.26. The van der Waals surface area contributed by atoms with Crippen LogP contribution in [0.15, 0.2) is 47.4 Å². The molecule has 2 aromatic rings. The molecule has 0 amide bonds. The topological polar surface area (TPSA) is 72.2 Å². The summed E-state index contributed by atoms with van der Waals surface area (Å²) in [4.78, 5) is -0.0136. The molecule has 0 aliphatic carbocycles. The highest BCUT2D eigenvalue weighted by Crippen LogP contribution is 2.23. The first-order chi connectivity index (χ1) is 9.88. The molecule has 4 nitrogen and oxygen atoms in total. The molecule has 0 spiro atoms. The van der Waals surface area contributed by atoms with E-state index in [1.807, 2.05) is 12.1 Å². The standard InChI is InChI=1S/C14H14Cl2N2O2S/c15-11-3-1-10(2-4-11)7-8-18-21(19,20)14-9-12(17)5-6-13(14)16/h1-6,9,18H,7-8,17H2. The van der Waals surface area contributed by atoms with E-state index in [-0.39, 0.29) is 16.5 Å². The number of hydrogen-bond acceptors (Lipinski definition) is 3. The maximum atomic E-state index is 12.2. The van der Waals surface area contributed by atoms with Crippen molar-refractivity contribution in [3.8, 4) is 0 Å². The van der Waals surface area contributed by atoms with E-state index in [9.17, 15) is 8.42 Å². The first kappa shape index (κ1) is 16.1. The molecular formula is C14H14Cl2N2O2S. The van der Waals surface area contributed by atoms with E-state index in [1.54, 1.807) is 18.2 Å². The third-order valence-electron chi connectivity index (χ3n) is 2.86. The average molecular weight is 345 g/mol. The van der Waals surface area contributed by atoms with E-state index < -0.39 is 10.0 Å². The van der Waals surface area contributed by atoms with Gasteiger partial charge in [0.2, 0.25) is 10.0 Å². The minimum atomic E-state index is -3.68. The van der Waals surface area contributed by atoms with Crippen molar-refractivity contribution in [1.29, 1.82) is 0 Å². The largest absolute Gasteiger partial charge is 0.399 e. The number of nitrogen functional groups attached to an aromatic ring is 1. The molecule has 2 rings (SSSR count). The fourth-order valence-corrected chi connectivity index (χ4v) is 3.47. The van der Waals surface area contributed by atoms with Gasteiger partial charge in [-0.3, -0.25) is 0 Å². The van der Waals surface area contributed by atoms with Crippen LogP contribution in [-0.2, 0) is 16.4 Å². The molecule has 0 fully saturated rings. The van der Waals surface area contributed by atoms with Crippen molar-refractivity contribution in [2.24, 2.45) is 0 Å². The van der Waals surface area contributed by atoms with Gasteiger partial charge in [0, 0.05) is 17.3 Å². The maximum Gasteiger partial charge on any atom is 0.242 e. The maximum absolute atomic E-state index is 12.2. The third kappa shape index (κ3) is 4.35. The minimum Gasteiger partial charge on any atom is -0.399 e. The second-order valence-electron chi connectivity index (χ2n) is 4.46. The summed E-state index contributed by atoms with van der Waals surface area (Å²) >= 11 is 11.7. The molecule has 0 saturated heterocycles. The van der Waals surface area contributed by atoms with Crippen LogP contribution in [0, 0.1) is 0 Å². The zero-order valence-corrected chi connectivity index (χ0v) is 13.3.